The van der Waals surface area contributed by atoms with Gasteiger partial charge in [0.05, 0.1) is 27.5 Å². The molecular formula is C27H28FN3O6. The van der Waals surface area contributed by atoms with Crippen LogP contribution in [0.25, 0.3) is 0 Å². The number of hydrogen-bond acceptors (Lipinski definition) is 7. The lowest BCUT2D eigenvalue weighted by Gasteiger charge is -2.13. The van der Waals surface area contributed by atoms with Gasteiger partial charge in [0.1, 0.15) is 12.4 Å². The monoisotopic (exact) mass is 509 g/mol. The summed E-state index contributed by atoms with van der Waals surface area (Å²) >= 11 is 0. The Morgan fingerprint density at radius 1 is 0.865 bits per heavy atom. The normalized spacial score (nSPS) is 10.6. The van der Waals surface area contributed by atoms with Crippen molar-refractivity contribution in [3.05, 3.63) is 83.2 Å². The highest BCUT2D eigenvalue weighted by Gasteiger charge is 2.13. The number of methoxy groups -OCH3 is 3. The van der Waals surface area contributed by atoms with Crippen LogP contribution in [0.3, 0.4) is 0 Å². The molecule has 3 rings (SSSR count). The molecule has 0 atom stereocenters. The van der Waals surface area contributed by atoms with Crippen LogP contribution in [0, 0.1) is 5.82 Å². The molecule has 0 radical (unpaired) electrons. The summed E-state index contributed by atoms with van der Waals surface area (Å²) in [5, 5.41) is 6.42. The minimum Gasteiger partial charge on any atom is -0.493 e. The Morgan fingerprint density at radius 3 is 2.27 bits per heavy atom. The maximum atomic E-state index is 13.1. The first-order chi connectivity index (χ1) is 17.9. The van der Waals surface area contributed by atoms with E-state index in [9.17, 15) is 14.0 Å². The first kappa shape index (κ1) is 27.0. The average molecular weight is 510 g/mol. The van der Waals surface area contributed by atoms with Crippen LogP contribution in [0.4, 0.5) is 4.39 Å². The Bertz CT molecular complexity index is 1250. The van der Waals surface area contributed by atoms with E-state index < -0.39 is 11.8 Å². The molecule has 10 heteroatoms. The molecule has 0 saturated carbocycles. The highest BCUT2D eigenvalue weighted by atomic mass is 19.1. The predicted molar refractivity (Wildman–Crippen MR) is 136 cm³/mol. The molecule has 0 heterocycles. The minimum absolute atomic E-state index is 0.163. The van der Waals surface area contributed by atoms with Crippen LogP contribution < -0.4 is 29.7 Å². The Balaban J connectivity index is 1.54. The van der Waals surface area contributed by atoms with Gasteiger partial charge in [-0.25, -0.2) is 9.82 Å². The third-order valence-corrected chi connectivity index (χ3v) is 5.25. The van der Waals surface area contributed by atoms with Gasteiger partial charge in [-0.1, -0.05) is 24.3 Å². The molecular weight excluding hydrogens is 481 g/mol. The van der Waals surface area contributed by atoms with Crippen LogP contribution in [-0.4, -0.2) is 45.9 Å². The second-order valence-electron chi connectivity index (χ2n) is 7.69. The third-order valence-electron chi connectivity index (χ3n) is 5.25. The summed E-state index contributed by atoms with van der Waals surface area (Å²) in [4.78, 5) is 24.3. The van der Waals surface area contributed by atoms with E-state index >= 15 is 0 Å². The fourth-order valence-corrected chi connectivity index (χ4v) is 3.33. The average Bonchev–Trinajstić information content (AvgIpc) is 2.92. The quantitative estimate of drug-likeness (QED) is 0.234. The first-order valence-corrected chi connectivity index (χ1v) is 11.3. The summed E-state index contributed by atoms with van der Waals surface area (Å²) in [7, 11) is 4.59. The zero-order valence-electron chi connectivity index (χ0n) is 20.7. The number of rotatable bonds is 11. The number of ether oxygens (including phenoxy) is 4. The summed E-state index contributed by atoms with van der Waals surface area (Å²) in [6.07, 6.45) is 1.83. The summed E-state index contributed by atoms with van der Waals surface area (Å²) in [5.74, 6) is -0.0626. The number of hydrogen-bond donors (Lipinski definition) is 2. The molecule has 0 aromatic heterocycles. The van der Waals surface area contributed by atoms with Gasteiger partial charge in [0, 0.05) is 12.1 Å². The number of halogens is 1. The molecule has 0 saturated heterocycles. The predicted octanol–water partition coefficient (Wildman–Crippen LogP) is 3.24. The van der Waals surface area contributed by atoms with Gasteiger partial charge in [-0.3, -0.25) is 9.59 Å². The van der Waals surface area contributed by atoms with Crippen LogP contribution >= 0.6 is 0 Å². The minimum atomic E-state index is -0.916. The van der Waals surface area contributed by atoms with Crippen LogP contribution in [0.15, 0.2) is 65.8 Å². The van der Waals surface area contributed by atoms with Crippen molar-refractivity contribution in [2.24, 2.45) is 5.10 Å². The van der Waals surface area contributed by atoms with Crippen molar-refractivity contribution in [2.45, 2.75) is 13.0 Å². The molecule has 0 bridgehead atoms. The second kappa shape index (κ2) is 13.5. The molecule has 0 aliphatic carbocycles. The van der Waals surface area contributed by atoms with E-state index in [-0.39, 0.29) is 19.0 Å². The van der Waals surface area contributed by atoms with Crippen molar-refractivity contribution in [3.63, 3.8) is 0 Å². The van der Waals surface area contributed by atoms with Crippen LogP contribution in [0.2, 0.25) is 0 Å². The largest absolute Gasteiger partial charge is 0.493 e. The van der Waals surface area contributed by atoms with E-state index in [0.717, 1.165) is 11.1 Å². The van der Waals surface area contributed by atoms with E-state index in [4.69, 9.17) is 18.9 Å². The smallest absolute Gasteiger partial charge is 0.329 e. The molecule has 0 spiro atoms. The summed E-state index contributed by atoms with van der Waals surface area (Å²) in [5.41, 5.74) is 4.37. The van der Waals surface area contributed by atoms with Gasteiger partial charge in [0.2, 0.25) is 0 Å². The van der Waals surface area contributed by atoms with Gasteiger partial charge < -0.3 is 24.3 Å². The molecule has 2 amide bonds. The van der Waals surface area contributed by atoms with Crippen LogP contribution in [0.5, 0.6) is 23.0 Å². The Labute approximate surface area is 214 Å². The van der Waals surface area contributed by atoms with Crippen LogP contribution in [0.1, 0.15) is 16.7 Å². The molecule has 0 aliphatic heterocycles. The van der Waals surface area contributed by atoms with Gasteiger partial charge in [0.15, 0.2) is 23.0 Å². The summed E-state index contributed by atoms with van der Waals surface area (Å²) in [6.45, 7) is 0.402. The van der Waals surface area contributed by atoms with Crippen molar-refractivity contribution < 1.29 is 32.9 Å². The van der Waals surface area contributed by atoms with Crippen molar-refractivity contribution in [2.75, 3.05) is 27.9 Å². The number of para-hydroxylation sites is 1. The third kappa shape index (κ3) is 7.69. The number of amides is 2. The fraction of sp³-hybridized carbons (Fsp3) is 0.222. The van der Waals surface area contributed by atoms with Gasteiger partial charge in [-0.05, 0) is 53.9 Å². The maximum Gasteiger partial charge on any atom is 0.329 e. The molecule has 3 aromatic carbocycles. The zero-order valence-corrected chi connectivity index (χ0v) is 20.7. The zero-order chi connectivity index (χ0) is 26.6. The van der Waals surface area contributed by atoms with E-state index in [1.54, 1.807) is 56.7 Å². The van der Waals surface area contributed by atoms with E-state index in [1.165, 1.54) is 25.5 Å². The number of nitrogens with zero attached hydrogens (tertiary/aromatic N) is 1. The van der Waals surface area contributed by atoms with Gasteiger partial charge >= 0.3 is 11.8 Å². The molecule has 2 N–H and O–H groups in total. The lowest BCUT2D eigenvalue weighted by Crippen LogP contribution is -2.38. The van der Waals surface area contributed by atoms with Crippen molar-refractivity contribution >= 4 is 18.0 Å². The lowest BCUT2D eigenvalue weighted by molar-refractivity contribution is -0.139. The lowest BCUT2D eigenvalue weighted by atomic mass is 10.1. The number of carbonyl (C=O) groups is 2. The van der Waals surface area contributed by atoms with Crippen molar-refractivity contribution in [1.29, 1.82) is 0 Å². The number of nitrogens with one attached hydrogen (secondary N) is 2. The number of benzene rings is 3. The van der Waals surface area contributed by atoms with Gasteiger partial charge in [-0.2, -0.15) is 5.10 Å². The van der Waals surface area contributed by atoms with Gasteiger partial charge in [-0.15, -0.1) is 0 Å². The molecule has 9 nitrogen and oxygen atoms in total. The number of carbonyl (C=O) groups excluding carboxylic acids is 2. The van der Waals surface area contributed by atoms with Gasteiger partial charge in [0.25, 0.3) is 0 Å². The SMILES string of the molecule is COc1ccc(CCNC(=O)C(=O)N/N=C\c2cccc(OC)c2OCc2ccc(F)cc2)cc1OC. The number of hydrazone groups is 1. The molecule has 3 aromatic rings. The topological polar surface area (TPSA) is 107 Å². The Hall–Kier alpha value is -4.60. The Kier molecular flexibility index (Phi) is 9.83. The van der Waals surface area contributed by atoms with E-state index in [2.05, 4.69) is 15.8 Å². The van der Waals surface area contributed by atoms with Crippen LogP contribution in [-0.2, 0) is 22.6 Å². The molecule has 194 valence electrons. The standard InChI is InChI=1S/C27H28FN3O6/c1-34-22-12-9-18(15-24(22)36-3)13-14-29-26(32)27(33)31-30-16-20-5-4-6-23(35-2)25(20)37-17-19-7-10-21(28)11-8-19/h4-12,15-16H,13-14,17H2,1-3H3,(H,29,32)(H,31,33)/b30-16-. The summed E-state index contributed by atoms with van der Waals surface area (Å²) < 4.78 is 34.8. The molecule has 0 aliphatic rings. The maximum absolute atomic E-state index is 13.1. The summed E-state index contributed by atoms with van der Waals surface area (Å²) in [6, 6.07) is 16.5. The van der Waals surface area contributed by atoms with E-state index in [1.807, 2.05) is 6.07 Å². The highest BCUT2D eigenvalue weighted by Crippen LogP contribution is 2.31. The highest BCUT2D eigenvalue weighted by molar-refractivity contribution is 6.35. The molecule has 0 unspecified atom stereocenters. The molecule has 37 heavy (non-hydrogen) atoms. The molecule has 0 fully saturated rings. The first-order valence-electron chi connectivity index (χ1n) is 11.3. The fourth-order valence-electron chi connectivity index (χ4n) is 3.33. The Morgan fingerprint density at radius 2 is 1.57 bits per heavy atom. The van der Waals surface area contributed by atoms with Crippen molar-refractivity contribution in [3.8, 4) is 23.0 Å². The second-order valence-corrected chi connectivity index (χ2v) is 7.69. The van der Waals surface area contributed by atoms with Crippen molar-refractivity contribution in [1.82, 2.24) is 10.7 Å². The van der Waals surface area contributed by atoms with E-state index in [0.29, 0.717) is 35.0 Å².